The molecule has 2 aromatic rings. The van der Waals surface area contributed by atoms with E-state index in [1.54, 1.807) is 19.2 Å². The molecule has 72 valence electrons. The highest BCUT2D eigenvalue weighted by molar-refractivity contribution is 7.22. The van der Waals surface area contributed by atoms with Crippen molar-refractivity contribution >= 4 is 32.4 Å². The summed E-state index contributed by atoms with van der Waals surface area (Å²) >= 11 is 1.29. The van der Waals surface area contributed by atoms with Crippen molar-refractivity contribution in [3.8, 4) is 0 Å². The van der Waals surface area contributed by atoms with E-state index in [1.165, 1.54) is 17.4 Å². The Morgan fingerprint density at radius 3 is 3.00 bits per heavy atom. The van der Waals surface area contributed by atoms with Crippen LogP contribution in [0.4, 0.5) is 10.8 Å². The quantitative estimate of drug-likeness (QED) is 0.608. The molecule has 0 bridgehead atoms. The lowest BCUT2D eigenvalue weighted by Crippen LogP contribution is -1.86. The van der Waals surface area contributed by atoms with E-state index in [-0.39, 0.29) is 10.6 Å². The van der Waals surface area contributed by atoms with Crippen molar-refractivity contribution in [2.24, 2.45) is 0 Å². The maximum Gasteiger partial charge on any atom is 0.288 e. The molecule has 0 radical (unpaired) electrons. The Morgan fingerprint density at radius 1 is 1.57 bits per heavy atom. The molecule has 1 aromatic heterocycles. The summed E-state index contributed by atoms with van der Waals surface area (Å²) in [6, 6.07) is 4.89. The molecule has 5 nitrogen and oxygen atoms in total. The van der Waals surface area contributed by atoms with E-state index in [4.69, 9.17) is 0 Å². The van der Waals surface area contributed by atoms with Gasteiger partial charge in [-0.1, -0.05) is 17.4 Å². The Labute approximate surface area is 83.5 Å². The standard InChI is InChI=1S/C8H7N3O2S/c1-9-8-10-5-3-2-4-6(11(12)13)7(5)14-8/h2-4H,1H3,(H,9,10). The fraction of sp³-hybridized carbons (Fsp3) is 0.125. The molecule has 0 aliphatic heterocycles. The van der Waals surface area contributed by atoms with Crippen LogP contribution in [0.2, 0.25) is 0 Å². The van der Waals surface area contributed by atoms with Gasteiger partial charge in [0.2, 0.25) is 0 Å². The average molecular weight is 209 g/mol. The molecule has 0 fully saturated rings. The number of aromatic nitrogens is 1. The van der Waals surface area contributed by atoms with Crippen LogP contribution in [-0.2, 0) is 0 Å². The number of nitrogens with zero attached hydrogens (tertiary/aromatic N) is 2. The normalized spacial score (nSPS) is 10.4. The van der Waals surface area contributed by atoms with Gasteiger partial charge in [-0.05, 0) is 6.07 Å². The second-order valence-electron chi connectivity index (χ2n) is 2.65. The molecule has 0 aliphatic carbocycles. The Bertz CT molecular complexity index is 494. The van der Waals surface area contributed by atoms with Gasteiger partial charge in [0.25, 0.3) is 5.69 Å². The lowest BCUT2D eigenvalue weighted by molar-refractivity contribution is -0.382. The number of fused-ring (bicyclic) bond motifs is 1. The highest BCUT2D eigenvalue weighted by Crippen LogP contribution is 2.32. The minimum absolute atomic E-state index is 0.113. The predicted octanol–water partition coefficient (Wildman–Crippen LogP) is 2.25. The van der Waals surface area contributed by atoms with E-state index in [0.717, 1.165) is 0 Å². The van der Waals surface area contributed by atoms with E-state index >= 15 is 0 Å². The van der Waals surface area contributed by atoms with E-state index in [2.05, 4.69) is 10.3 Å². The second-order valence-corrected chi connectivity index (χ2v) is 3.65. The molecule has 0 unspecified atom stereocenters. The number of anilines is 1. The third-order valence-corrected chi connectivity index (χ3v) is 2.92. The first-order valence-electron chi connectivity index (χ1n) is 3.94. The van der Waals surface area contributed by atoms with Gasteiger partial charge in [0, 0.05) is 13.1 Å². The predicted molar refractivity (Wildman–Crippen MR) is 55.8 cm³/mol. The topological polar surface area (TPSA) is 68.1 Å². The Morgan fingerprint density at radius 2 is 2.36 bits per heavy atom. The molecule has 2 rings (SSSR count). The van der Waals surface area contributed by atoms with Crippen LogP contribution in [0.15, 0.2) is 18.2 Å². The monoisotopic (exact) mass is 209 g/mol. The molecule has 0 atom stereocenters. The van der Waals surface area contributed by atoms with Crippen molar-refractivity contribution in [3.63, 3.8) is 0 Å². The van der Waals surface area contributed by atoms with E-state index in [1.807, 2.05) is 0 Å². The number of hydrogen-bond acceptors (Lipinski definition) is 5. The Balaban J connectivity index is 2.73. The first kappa shape index (κ1) is 8.89. The number of hydrogen-bond donors (Lipinski definition) is 1. The summed E-state index contributed by atoms with van der Waals surface area (Å²) in [7, 11) is 1.74. The summed E-state index contributed by atoms with van der Waals surface area (Å²) in [4.78, 5) is 14.5. The van der Waals surface area contributed by atoms with Gasteiger partial charge in [-0.2, -0.15) is 0 Å². The molecule has 1 heterocycles. The van der Waals surface area contributed by atoms with E-state index in [0.29, 0.717) is 15.3 Å². The van der Waals surface area contributed by atoms with Gasteiger partial charge < -0.3 is 5.32 Å². The van der Waals surface area contributed by atoms with Crippen LogP contribution in [-0.4, -0.2) is 17.0 Å². The number of nitro benzene ring substituents is 1. The zero-order valence-corrected chi connectivity index (χ0v) is 8.17. The summed E-state index contributed by atoms with van der Waals surface area (Å²) in [6.07, 6.45) is 0. The van der Waals surface area contributed by atoms with Crippen LogP contribution in [0.3, 0.4) is 0 Å². The maximum atomic E-state index is 10.7. The van der Waals surface area contributed by atoms with Gasteiger partial charge in [0.05, 0.1) is 10.4 Å². The van der Waals surface area contributed by atoms with Crippen LogP contribution in [0.1, 0.15) is 0 Å². The SMILES string of the molecule is CNc1nc2cccc([N+](=O)[O-])c2s1. The number of nitro groups is 1. The molecule has 6 heteroatoms. The summed E-state index contributed by atoms with van der Waals surface area (Å²) in [6.45, 7) is 0. The number of nitrogens with one attached hydrogen (secondary N) is 1. The average Bonchev–Trinajstić information content (AvgIpc) is 2.59. The van der Waals surface area contributed by atoms with Crippen LogP contribution >= 0.6 is 11.3 Å². The molecule has 1 N–H and O–H groups in total. The number of rotatable bonds is 2. The number of non-ortho nitro benzene ring substituents is 1. The fourth-order valence-electron chi connectivity index (χ4n) is 1.19. The maximum absolute atomic E-state index is 10.7. The first-order chi connectivity index (χ1) is 6.72. The molecular weight excluding hydrogens is 202 g/mol. The molecule has 0 saturated heterocycles. The molecular formula is C8H7N3O2S. The minimum atomic E-state index is -0.389. The molecule has 0 amide bonds. The molecule has 0 aliphatic rings. The zero-order valence-electron chi connectivity index (χ0n) is 7.35. The van der Waals surface area contributed by atoms with Gasteiger partial charge in [-0.3, -0.25) is 10.1 Å². The van der Waals surface area contributed by atoms with Gasteiger partial charge in [-0.15, -0.1) is 0 Å². The van der Waals surface area contributed by atoms with Crippen molar-refractivity contribution in [3.05, 3.63) is 28.3 Å². The third-order valence-electron chi connectivity index (χ3n) is 1.80. The molecule has 14 heavy (non-hydrogen) atoms. The summed E-state index contributed by atoms with van der Waals surface area (Å²) in [5.74, 6) is 0. The smallest absolute Gasteiger partial charge is 0.288 e. The fourth-order valence-corrected chi connectivity index (χ4v) is 2.09. The van der Waals surface area contributed by atoms with Gasteiger partial charge in [0.1, 0.15) is 4.70 Å². The summed E-state index contributed by atoms with van der Waals surface area (Å²) < 4.78 is 0.613. The van der Waals surface area contributed by atoms with E-state index in [9.17, 15) is 10.1 Å². The largest absolute Gasteiger partial charge is 0.365 e. The summed E-state index contributed by atoms with van der Waals surface area (Å²) in [5.41, 5.74) is 0.773. The Kier molecular flexibility index (Phi) is 2.05. The van der Waals surface area contributed by atoms with Crippen LogP contribution in [0.25, 0.3) is 10.2 Å². The Hall–Kier alpha value is -1.69. The lowest BCUT2D eigenvalue weighted by atomic mass is 10.3. The minimum Gasteiger partial charge on any atom is -0.365 e. The van der Waals surface area contributed by atoms with Crippen LogP contribution in [0, 0.1) is 10.1 Å². The highest BCUT2D eigenvalue weighted by atomic mass is 32.1. The van der Waals surface area contributed by atoms with Crippen molar-refractivity contribution in [2.75, 3.05) is 12.4 Å². The molecule has 0 saturated carbocycles. The highest BCUT2D eigenvalue weighted by Gasteiger charge is 2.14. The number of benzene rings is 1. The van der Waals surface area contributed by atoms with Crippen molar-refractivity contribution < 1.29 is 4.92 Å². The first-order valence-corrected chi connectivity index (χ1v) is 4.75. The lowest BCUT2D eigenvalue weighted by Gasteiger charge is -1.89. The van der Waals surface area contributed by atoms with Crippen molar-refractivity contribution in [1.82, 2.24) is 4.98 Å². The second kappa shape index (κ2) is 3.22. The van der Waals surface area contributed by atoms with E-state index < -0.39 is 0 Å². The van der Waals surface area contributed by atoms with Crippen molar-refractivity contribution in [1.29, 1.82) is 0 Å². The van der Waals surface area contributed by atoms with Crippen LogP contribution in [0.5, 0.6) is 0 Å². The van der Waals surface area contributed by atoms with Crippen LogP contribution < -0.4 is 5.32 Å². The van der Waals surface area contributed by atoms with Gasteiger partial charge >= 0.3 is 0 Å². The molecule has 1 aromatic carbocycles. The third kappa shape index (κ3) is 1.29. The van der Waals surface area contributed by atoms with Crippen molar-refractivity contribution in [2.45, 2.75) is 0 Å². The summed E-state index contributed by atoms with van der Waals surface area (Å²) in [5, 5.41) is 14.2. The zero-order chi connectivity index (χ0) is 10.1. The number of thiazole rings is 1. The molecule has 0 spiro atoms. The van der Waals surface area contributed by atoms with Gasteiger partial charge in [-0.25, -0.2) is 4.98 Å². The van der Waals surface area contributed by atoms with Gasteiger partial charge in [0.15, 0.2) is 5.13 Å².